The third-order valence-electron chi connectivity index (χ3n) is 4.83. The SMILES string of the molecule is COc1ccc2c(c1)CCC[C@@H]2CC(=O)NCCn1c(C)n[nH]c1=S. The Kier molecular flexibility index (Phi) is 5.53. The molecule has 7 heteroatoms. The molecule has 1 aromatic carbocycles. The smallest absolute Gasteiger partial charge is 0.220 e. The van der Waals surface area contributed by atoms with E-state index in [4.69, 9.17) is 17.0 Å². The van der Waals surface area contributed by atoms with Crippen LogP contribution in [0.4, 0.5) is 0 Å². The van der Waals surface area contributed by atoms with E-state index < -0.39 is 0 Å². The number of fused-ring (bicyclic) bond motifs is 1. The quantitative estimate of drug-likeness (QED) is 0.777. The summed E-state index contributed by atoms with van der Waals surface area (Å²) in [5.41, 5.74) is 2.60. The molecule has 2 N–H and O–H groups in total. The Labute approximate surface area is 152 Å². The summed E-state index contributed by atoms with van der Waals surface area (Å²) in [6.07, 6.45) is 3.75. The van der Waals surface area contributed by atoms with Crippen LogP contribution in [0.1, 0.15) is 42.1 Å². The van der Waals surface area contributed by atoms with Crippen molar-refractivity contribution >= 4 is 18.1 Å². The van der Waals surface area contributed by atoms with Gasteiger partial charge in [0.15, 0.2) is 4.77 Å². The average molecular weight is 360 g/mol. The first-order valence-electron chi connectivity index (χ1n) is 8.64. The second kappa shape index (κ2) is 7.82. The van der Waals surface area contributed by atoms with Crippen molar-refractivity contribution in [3.8, 4) is 5.75 Å². The van der Waals surface area contributed by atoms with Gasteiger partial charge in [-0.1, -0.05) is 6.07 Å². The largest absolute Gasteiger partial charge is 0.497 e. The van der Waals surface area contributed by atoms with Gasteiger partial charge in [0.2, 0.25) is 5.91 Å². The van der Waals surface area contributed by atoms with Gasteiger partial charge in [-0.15, -0.1) is 0 Å². The first-order chi connectivity index (χ1) is 12.1. The lowest BCUT2D eigenvalue weighted by molar-refractivity contribution is -0.121. The molecule has 0 radical (unpaired) electrons. The van der Waals surface area contributed by atoms with Gasteiger partial charge in [-0.25, -0.2) is 0 Å². The maximum Gasteiger partial charge on any atom is 0.220 e. The molecular formula is C18H24N4O2S. The first-order valence-corrected chi connectivity index (χ1v) is 9.04. The highest BCUT2D eigenvalue weighted by Gasteiger charge is 2.23. The molecule has 0 fully saturated rings. The monoisotopic (exact) mass is 360 g/mol. The summed E-state index contributed by atoms with van der Waals surface area (Å²) in [5, 5.41) is 9.83. The second-order valence-electron chi connectivity index (χ2n) is 6.44. The lowest BCUT2D eigenvalue weighted by Crippen LogP contribution is -2.29. The van der Waals surface area contributed by atoms with Gasteiger partial charge in [-0.05, 0) is 67.6 Å². The number of amides is 1. The molecule has 25 heavy (non-hydrogen) atoms. The summed E-state index contributed by atoms with van der Waals surface area (Å²) in [4.78, 5) is 12.3. The van der Waals surface area contributed by atoms with Crippen LogP contribution in [0, 0.1) is 11.7 Å². The molecule has 1 aromatic heterocycles. The maximum atomic E-state index is 12.3. The highest BCUT2D eigenvalue weighted by Crippen LogP contribution is 2.35. The molecule has 2 aromatic rings. The van der Waals surface area contributed by atoms with E-state index in [1.807, 2.05) is 17.6 Å². The number of carbonyl (C=O) groups excluding carboxylic acids is 1. The van der Waals surface area contributed by atoms with Crippen molar-refractivity contribution < 1.29 is 9.53 Å². The van der Waals surface area contributed by atoms with Gasteiger partial charge in [0.05, 0.1) is 7.11 Å². The van der Waals surface area contributed by atoms with Crippen molar-refractivity contribution in [2.24, 2.45) is 0 Å². The van der Waals surface area contributed by atoms with Crippen LogP contribution in [0.3, 0.4) is 0 Å². The molecule has 0 unspecified atom stereocenters. The van der Waals surface area contributed by atoms with Gasteiger partial charge >= 0.3 is 0 Å². The molecule has 134 valence electrons. The number of carbonyl (C=O) groups is 1. The summed E-state index contributed by atoms with van der Waals surface area (Å²) in [6, 6.07) is 6.20. The Morgan fingerprint density at radius 1 is 1.52 bits per heavy atom. The molecular weight excluding hydrogens is 336 g/mol. The Bertz CT molecular complexity index is 812. The van der Waals surface area contributed by atoms with E-state index >= 15 is 0 Å². The number of H-pyrrole nitrogens is 1. The number of aryl methyl sites for hydroxylation is 2. The fourth-order valence-corrected chi connectivity index (χ4v) is 3.76. The van der Waals surface area contributed by atoms with E-state index in [0.29, 0.717) is 24.3 Å². The van der Waals surface area contributed by atoms with Gasteiger partial charge in [-0.3, -0.25) is 9.89 Å². The lowest BCUT2D eigenvalue weighted by atomic mass is 9.81. The van der Waals surface area contributed by atoms with Crippen molar-refractivity contribution in [2.75, 3.05) is 13.7 Å². The topological polar surface area (TPSA) is 71.9 Å². The van der Waals surface area contributed by atoms with Crippen molar-refractivity contribution in [3.05, 3.63) is 39.9 Å². The molecule has 1 aliphatic rings. The van der Waals surface area contributed by atoms with E-state index in [1.54, 1.807) is 7.11 Å². The molecule has 1 heterocycles. The summed E-state index contributed by atoms with van der Waals surface area (Å²) in [5.74, 6) is 2.08. The number of benzene rings is 1. The number of nitrogens with zero attached hydrogens (tertiary/aromatic N) is 2. The Morgan fingerprint density at radius 2 is 2.36 bits per heavy atom. The summed E-state index contributed by atoms with van der Waals surface area (Å²) in [7, 11) is 1.68. The van der Waals surface area contributed by atoms with E-state index in [1.165, 1.54) is 11.1 Å². The van der Waals surface area contributed by atoms with Gasteiger partial charge in [-0.2, -0.15) is 5.10 Å². The molecule has 6 nitrogen and oxygen atoms in total. The molecule has 1 atom stereocenters. The van der Waals surface area contributed by atoms with E-state index in [-0.39, 0.29) is 11.8 Å². The summed E-state index contributed by atoms with van der Waals surface area (Å²) >= 11 is 5.17. The van der Waals surface area contributed by atoms with Crippen LogP contribution in [-0.4, -0.2) is 34.3 Å². The van der Waals surface area contributed by atoms with Crippen LogP contribution >= 0.6 is 12.2 Å². The number of aromatic amines is 1. The summed E-state index contributed by atoms with van der Waals surface area (Å²) < 4.78 is 7.78. The molecule has 0 bridgehead atoms. The number of ether oxygens (including phenoxy) is 1. The van der Waals surface area contributed by atoms with Gasteiger partial charge < -0.3 is 14.6 Å². The number of nitrogens with one attached hydrogen (secondary N) is 2. The standard InChI is InChI=1S/C18H24N4O2S/c1-12-20-21-18(25)22(12)9-8-19-17(23)11-14-5-3-4-13-10-15(24-2)6-7-16(13)14/h6-7,10,14H,3-5,8-9,11H2,1-2H3,(H,19,23)(H,21,25)/t14-/m1/s1. The molecule has 0 aliphatic heterocycles. The molecule has 3 rings (SSSR count). The van der Waals surface area contributed by atoms with E-state index in [9.17, 15) is 4.79 Å². The number of methoxy groups -OCH3 is 1. The van der Waals surface area contributed by atoms with Crippen molar-refractivity contribution in [3.63, 3.8) is 0 Å². The van der Waals surface area contributed by atoms with Crippen molar-refractivity contribution in [1.82, 2.24) is 20.1 Å². The minimum atomic E-state index is 0.0846. The third kappa shape index (κ3) is 4.10. The number of rotatable bonds is 6. The number of hydrogen-bond donors (Lipinski definition) is 2. The fraction of sp³-hybridized carbons (Fsp3) is 0.500. The first kappa shape index (κ1) is 17.7. The van der Waals surface area contributed by atoms with Crippen molar-refractivity contribution in [1.29, 1.82) is 0 Å². The number of aromatic nitrogens is 3. The Hall–Kier alpha value is -2.15. The number of hydrogen-bond acceptors (Lipinski definition) is 4. The lowest BCUT2D eigenvalue weighted by Gasteiger charge is -2.25. The third-order valence-corrected chi connectivity index (χ3v) is 5.14. The van der Waals surface area contributed by atoms with Crippen LogP contribution in [0.5, 0.6) is 5.75 Å². The Balaban J connectivity index is 1.56. The molecule has 1 aliphatic carbocycles. The minimum absolute atomic E-state index is 0.0846. The van der Waals surface area contributed by atoms with Gasteiger partial charge in [0, 0.05) is 19.5 Å². The zero-order valence-corrected chi connectivity index (χ0v) is 15.5. The fourth-order valence-electron chi connectivity index (χ4n) is 3.49. The van der Waals surface area contributed by atoms with Gasteiger partial charge in [0.1, 0.15) is 11.6 Å². The zero-order valence-electron chi connectivity index (χ0n) is 14.7. The molecule has 0 saturated heterocycles. The van der Waals surface area contributed by atoms with Gasteiger partial charge in [0.25, 0.3) is 0 Å². The molecule has 0 saturated carbocycles. The van der Waals surface area contributed by atoms with Crippen molar-refractivity contribution in [2.45, 2.75) is 45.1 Å². The maximum absolute atomic E-state index is 12.3. The minimum Gasteiger partial charge on any atom is -0.497 e. The average Bonchev–Trinajstić information content (AvgIpc) is 2.93. The second-order valence-corrected chi connectivity index (χ2v) is 6.82. The van der Waals surface area contributed by atoms with Crippen LogP contribution in [-0.2, 0) is 17.8 Å². The summed E-state index contributed by atoms with van der Waals surface area (Å²) in [6.45, 7) is 3.07. The van der Waals surface area contributed by atoms with Crippen LogP contribution in [0.25, 0.3) is 0 Å². The highest BCUT2D eigenvalue weighted by atomic mass is 32.1. The van der Waals surface area contributed by atoms with Crippen LogP contribution in [0.2, 0.25) is 0 Å². The van der Waals surface area contributed by atoms with Crippen LogP contribution in [0.15, 0.2) is 18.2 Å². The van der Waals surface area contributed by atoms with Crippen LogP contribution < -0.4 is 10.1 Å². The predicted octanol–water partition coefficient (Wildman–Crippen LogP) is 2.88. The highest BCUT2D eigenvalue weighted by molar-refractivity contribution is 7.71. The molecule has 0 spiro atoms. The normalized spacial score (nSPS) is 16.3. The molecule has 1 amide bonds. The predicted molar refractivity (Wildman–Crippen MR) is 98.4 cm³/mol. The Morgan fingerprint density at radius 3 is 3.08 bits per heavy atom. The zero-order chi connectivity index (χ0) is 17.8. The van der Waals surface area contributed by atoms with E-state index in [0.717, 1.165) is 30.8 Å². The van der Waals surface area contributed by atoms with E-state index in [2.05, 4.69) is 27.6 Å².